The van der Waals surface area contributed by atoms with E-state index in [1.54, 1.807) is 4.90 Å². The Morgan fingerprint density at radius 3 is 2.81 bits per heavy atom. The number of rotatable bonds is 5. The van der Waals surface area contributed by atoms with Gasteiger partial charge in [0.25, 0.3) is 0 Å². The minimum Gasteiger partial charge on any atom is -0.380 e. The van der Waals surface area contributed by atoms with Gasteiger partial charge < -0.3 is 10.2 Å². The number of hydrogen-bond acceptors (Lipinski definition) is 3. The summed E-state index contributed by atoms with van der Waals surface area (Å²) in [6.07, 6.45) is 1.80. The van der Waals surface area contributed by atoms with Crippen molar-refractivity contribution in [3.8, 4) is 0 Å². The summed E-state index contributed by atoms with van der Waals surface area (Å²) in [5, 5.41) is 3.41. The molecule has 1 amide bonds. The van der Waals surface area contributed by atoms with Crippen LogP contribution in [0, 0.1) is 12.8 Å². The van der Waals surface area contributed by atoms with Crippen LogP contribution in [0.1, 0.15) is 18.9 Å². The van der Waals surface area contributed by atoms with Crippen molar-refractivity contribution < 1.29 is 9.59 Å². The Morgan fingerprint density at radius 2 is 2.19 bits per heavy atom. The molecule has 1 saturated heterocycles. The fraction of sp³-hybridized carbons (Fsp3) is 0.412. The van der Waals surface area contributed by atoms with Gasteiger partial charge in [0.05, 0.1) is 12.0 Å². The van der Waals surface area contributed by atoms with Crippen LogP contribution in [-0.2, 0) is 9.59 Å². The van der Waals surface area contributed by atoms with Crippen molar-refractivity contribution in [2.75, 3.05) is 18.4 Å². The Balaban J connectivity index is 2.16. The Kier molecular flexibility index (Phi) is 4.78. The van der Waals surface area contributed by atoms with Gasteiger partial charge in [-0.15, -0.1) is 0 Å². The molecule has 21 heavy (non-hydrogen) atoms. The highest BCUT2D eigenvalue weighted by atomic mass is 16.2. The summed E-state index contributed by atoms with van der Waals surface area (Å²) in [4.78, 5) is 25.6. The molecule has 1 aliphatic heterocycles. The number of nitrogens with zero attached hydrogens (tertiary/aromatic N) is 1. The Labute approximate surface area is 125 Å². The lowest BCUT2D eigenvalue weighted by atomic mass is 9.96. The van der Waals surface area contributed by atoms with Crippen molar-refractivity contribution in [2.24, 2.45) is 5.92 Å². The van der Waals surface area contributed by atoms with Gasteiger partial charge in [-0.1, -0.05) is 25.6 Å². The van der Waals surface area contributed by atoms with Crippen LogP contribution in [0.25, 0.3) is 0 Å². The summed E-state index contributed by atoms with van der Waals surface area (Å²) < 4.78 is 0. The van der Waals surface area contributed by atoms with Crippen LogP contribution in [-0.4, -0.2) is 35.7 Å². The number of nitrogens with one attached hydrogen (secondary N) is 1. The quantitative estimate of drug-likeness (QED) is 0.846. The van der Waals surface area contributed by atoms with E-state index in [0.29, 0.717) is 19.5 Å². The highest BCUT2D eigenvalue weighted by Gasteiger charge is 2.38. The molecule has 2 atom stereocenters. The molecule has 0 radical (unpaired) electrons. The number of likely N-dealkylation sites (tertiary alicyclic amines) is 1. The highest BCUT2D eigenvalue weighted by molar-refractivity contribution is 5.89. The second-order valence-electron chi connectivity index (χ2n) is 5.49. The molecule has 1 fully saturated rings. The van der Waals surface area contributed by atoms with Crippen molar-refractivity contribution >= 4 is 17.4 Å². The van der Waals surface area contributed by atoms with Crippen molar-refractivity contribution in [3.05, 3.63) is 42.5 Å². The predicted molar refractivity (Wildman–Crippen MR) is 84.2 cm³/mol. The maximum atomic E-state index is 12.1. The predicted octanol–water partition coefficient (Wildman–Crippen LogP) is 2.40. The number of benzene rings is 1. The first kappa shape index (κ1) is 15.3. The van der Waals surface area contributed by atoms with Crippen LogP contribution < -0.4 is 5.32 Å². The summed E-state index contributed by atoms with van der Waals surface area (Å²) in [6, 6.07) is 8.00. The molecule has 0 aliphatic carbocycles. The van der Waals surface area contributed by atoms with Crippen LogP contribution >= 0.6 is 0 Å². The average Bonchev–Trinajstić information content (AvgIpc) is 2.89. The zero-order valence-electron chi connectivity index (χ0n) is 12.6. The van der Waals surface area contributed by atoms with Gasteiger partial charge in [-0.25, -0.2) is 0 Å². The Morgan fingerprint density at radius 1 is 1.43 bits per heavy atom. The molecule has 1 N–H and O–H groups in total. The van der Waals surface area contributed by atoms with Gasteiger partial charge in [0, 0.05) is 25.2 Å². The molecule has 4 nitrogen and oxygen atoms in total. The Bertz CT molecular complexity index is 553. The van der Waals surface area contributed by atoms with E-state index in [-0.39, 0.29) is 23.7 Å². The lowest BCUT2D eigenvalue weighted by Crippen LogP contribution is -2.33. The highest BCUT2D eigenvalue weighted by Crippen LogP contribution is 2.24. The zero-order chi connectivity index (χ0) is 15.4. The number of anilines is 1. The van der Waals surface area contributed by atoms with Gasteiger partial charge in [-0.05, 0) is 30.7 Å². The minimum atomic E-state index is -0.153. The van der Waals surface area contributed by atoms with Gasteiger partial charge in [0.1, 0.15) is 5.78 Å². The monoisotopic (exact) mass is 286 g/mol. The number of carbonyl (C=O) groups excluding carboxylic acids is 2. The molecule has 1 aromatic rings. The molecule has 1 aromatic carbocycles. The number of amides is 1. The third-order valence-corrected chi connectivity index (χ3v) is 3.94. The SMILES string of the molecule is C=CC(=O)N1C[C@@H](Nc2cccc(C)c2)[C@H](C(=O)CC)C1. The van der Waals surface area contributed by atoms with E-state index in [1.807, 2.05) is 38.1 Å². The molecule has 112 valence electrons. The van der Waals surface area contributed by atoms with Crippen molar-refractivity contribution in [1.82, 2.24) is 4.90 Å². The first-order valence-electron chi connectivity index (χ1n) is 7.32. The van der Waals surface area contributed by atoms with Crippen molar-refractivity contribution in [2.45, 2.75) is 26.3 Å². The zero-order valence-corrected chi connectivity index (χ0v) is 12.6. The van der Waals surface area contributed by atoms with Gasteiger partial charge in [0.2, 0.25) is 5.91 Å². The largest absolute Gasteiger partial charge is 0.380 e. The van der Waals surface area contributed by atoms with Crippen molar-refractivity contribution in [1.29, 1.82) is 0 Å². The summed E-state index contributed by atoms with van der Waals surface area (Å²) in [6.45, 7) is 8.42. The number of carbonyl (C=O) groups is 2. The van der Waals surface area contributed by atoms with Crippen LogP contribution in [0.2, 0.25) is 0 Å². The second kappa shape index (κ2) is 6.57. The van der Waals surface area contributed by atoms with Gasteiger partial charge in [-0.3, -0.25) is 9.59 Å². The fourth-order valence-corrected chi connectivity index (χ4v) is 2.80. The van der Waals surface area contributed by atoms with Crippen LogP contribution in [0.15, 0.2) is 36.9 Å². The smallest absolute Gasteiger partial charge is 0.246 e. The average molecular weight is 286 g/mol. The van der Waals surface area contributed by atoms with Gasteiger partial charge in [0.15, 0.2) is 0 Å². The summed E-state index contributed by atoms with van der Waals surface area (Å²) in [5.41, 5.74) is 2.15. The number of ketones is 1. The van der Waals surface area contributed by atoms with Crippen molar-refractivity contribution in [3.63, 3.8) is 0 Å². The van der Waals surface area contributed by atoms with E-state index in [1.165, 1.54) is 6.08 Å². The molecule has 1 aliphatic rings. The second-order valence-corrected chi connectivity index (χ2v) is 5.49. The molecule has 2 rings (SSSR count). The summed E-state index contributed by atoms with van der Waals surface area (Å²) >= 11 is 0. The first-order valence-corrected chi connectivity index (χ1v) is 7.32. The van der Waals surface area contributed by atoms with E-state index in [2.05, 4.69) is 11.9 Å². The van der Waals surface area contributed by atoms with E-state index >= 15 is 0 Å². The van der Waals surface area contributed by atoms with E-state index in [0.717, 1.165) is 11.3 Å². The number of Topliss-reactive ketones (excluding diaryl/α,β-unsaturated/α-hetero) is 1. The van der Waals surface area contributed by atoms with Gasteiger partial charge in [-0.2, -0.15) is 0 Å². The van der Waals surface area contributed by atoms with E-state index in [9.17, 15) is 9.59 Å². The number of aryl methyl sites for hydroxylation is 1. The minimum absolute atomic E-state index is 0.0388. The molecule has 0 aromatic heterocycles. The first-order chi connectivity index (χ1) is 10.0. The van der Waals surface area contributed by atoms with E-state index in [4.69, 9.17) is 0 Å². The Hall–Kier alpha value is -2.10. The standard InChI is InChI=1S/C17H22N2O2/c1-4-16(20)14-10-19(17(21)5-2)11-15(14)18-13-8-6-7-12(3)9-13/h5-9,14-15,18H,2,4,10-11H2,1,3H3/t14-,15-/m1/s1. The maximum absolute atomic E-state index is 12.1. The summed E-state index contributed by atoms with van der Waals surface area (Å²) in [5.74, 6) is -0.0728. The molecular formula is C17H22N2O2. The molecule has 0 bridgehead atoms. The fourth-order valence-electron chi connectivity index (χ4n) is 2.80. The van der Waals surface area contributed by atoms with Crippen LogP contribution in [0.5, 0.6) is 0 Å². The molecule has 4 heteroatoms. The number of hydrogen-bond donors (Lipinski definition) is 1. The molecule has 0 spiro atoms. The topological polar surface area (TPSA) is 49.4 Å². The van der Waals surface area contributed by atoms with Gasteiger partial charge >= 0.3 is 0 Å². The van der Waals surface area contributed by atoms with Crippen LogP contribution in [0.3, 0.4) is 0 Å². The molecule has 0 unspecified atom stereocenters. The third kappa shape index (κ3) is 3.51. The van der Waals surface area contributed by atoms with Crippen LogP contribution in [0.4, 0.5) is 5.69 Å². The molecule has 0 saturated carbocycles. The lowest BCUT2D eigenvalue weighted by molar-refractivity contribution is -0.125. The molecular weight excluding hydrogens is 264 g/mol. The summed E-state index contributed by atoms with van der Waals surface area (Å²) in [7, 11) is 0. The lowest BCUT2D eigenvalue weighted by Gasteiger charge is -2.19. The third-order valence-electron chi connectivity index (χ3n) is 3.94. The molecule has 1 heterocycles. The van der Waals surface area contributed by atoms with E-state index < -0.39 is 0 Å². The normalized spacial score (nSPS) is 21.1. The maximum Gasteiger partial charge on any atom is 0.246 e.